The molecule has 4 aliphatic rings. The zero-order valence-corrected chi connectivity index (χ0v) is 50.5. The molecule has 21 nitrogen and oxygen atoms in total. The SMILES string of the molecule is CCc1ccc(Cl)cc1.CCc1cccc(-c2cnc(C(=O)N3CCC(OC4CCN(CC(=O)NCCNC)CC4)CC3)c(NC(=O)CN(Cc3ccncn3)C(=O)OC(C)(C)C)c2)c1.C[C@@H]1CC(O)c2ncnc(N3CCN(C=O)CC3)c21. The molecule has 6 heterocycles. The quantitative estimate of drug-likeness (QED) is 0.0505. The maximum Gasteiger partial charge on any atom is 0.411 e. The number of nitrogens with zero attached hydrogens (tertiary/aromatic N) is 10. The third kappa shape index (κ3) is 19.2. The number of ether oxygens (including phenoxy) is 2. The van der Waals surface area contributed by atoms with Gasteiger partial charge < -0.3 is 45.2 Å². The van der Waals surface area contributed by atoms with Crippen LogP contribution >= 0.6 is 11.6 Å². The summed E-state index contributed by atoms with van der Waals surface area (Å²) in [6.07, 6.45) is 11.7. The topological polar surface area (TPSA) is 241 Å². The number of piperazine rings is 1. The van der Waals surface area contributed by atoms with Gasteiger partial charge >= 0.3 is 6.09 Å². The molecule has 2 atom stereocenters. The Labute approximate surface area is 499 Å². The summed E-state index contributed by atoms with van der Waals surface area (Å²) >= 11 is 5.67. The monoisotopic (exact) mass is 1170 g/mol. The fourth-order valence-corrected chi connectivity index (χ4v) is 10.6. The number of aryl methyl sites for hydroxylation is 2. The number of fused-ring (bicyclic) bond motifs is 1. The molecule has 5 aromatic rings. The number of hydrogen-bond donors (Lipinski definition) is 4. The van der Waals surface area contributed by atoms with E-state index < -0.39 is 23.7 Å². The zero-order chi connectivity index (χ0) is 60.2. The number of likely N-dealkylation sites (N-methyl/N-ethyl adjacent to an activating group) is 1. The van der Waals surface area contributed by atoms with Crippen molar-refractivity contribution in [3.8, 4) is 11.1 Å². The molecule has 3 saturated heterocycles. The molecule has 5 amide bonds. The van der Waals surface area contributed by atoms with E-state index in [9.17, 15) is 29.1 Å². The molecule has 3 fully saturated rings. The Morgan fingerprint density at radius 2 is 1.51 bits per heavy atom. The standard InChI is InChI=1S/C41H57N9O6.C13H18N4O2.C8H9Cl/c1-6-29-8-7-9-30(22-29)31-23-35(47-37(52)27-50(40(54)56-41(2,3)4)25-32-10-15-43-28-46-32)38(45-24-31)39(53)49-20-13-34(14-21-49)55-33-11-18-48(19-12-33)26-36(51)44-17-16-42-5;1-9-6-10(19)12-11(9)13(15-7-14-12)17-4-2-16(8-18)3-5-17;1-2-7-3-5-8(9)6-4-7/h7-10,15,22-24,28,33-34,42H,6,11-14,16-21,25-27H2,1-5H3,(H,44,51)(H,47,52);7-10,19H,2-6H2,1H3;3-6H,2H2,1H3/t;9-,10?;/m.1./s1. The van der Waals surface area contributed by atoms with E-state index in [0.717, 1.165) is 123 Å². The molecule has 84 heavy (non-hydrogen) atoms. The number of aromatic nitrogens is 5. The van der Waals surface area contributed by atoms with E-state index in [1.807, 2.05) is 49.5 Å². The van der Waals surface area contributed by atoms with Gasteiger partial charge in [-0.25, -0.2) is 29.7 Å². The van der Waals surface area contributed by atoms with E-state index in [0.29, 0.717) is 44.7 Å². The van der Waals surface area contributed by atoms with Crippen LogP contribution in [-0.2, 0) is 43.2 Å². The number of aliphatic hydroxyl groups is 1. The number of halogens is 1. The second-order valence-corrected chi connectivity index (χ2v) is 23.0. The van der Waals surface area contributed by atoms with Crippen molar-refractivity contribution in [2.24, 2.45) is 0 Å². The van der Waals surface area contributed by atoms with Crippen LogP contribution in [0.15, 0.2) is 85.7 Å². The van der Waals surface area contributed by atoms with Crippen LogP contribution in [0.3, 0.4) is 0 Å². The molecule has 4 N–H and O–H groups in total. The molecule has 0 radical (unpaired) electrons. The summed E-state index contributed by atoms with van der Waals surface area (Å²) in [4.78, 5) is 94.7. The predicted molar refractivity (Wildman–Crippen MR) is 323 cm³/mol. The van der Waals surface area contributed by atoms with Gasteiger partial charge in [-0.3, -0.25) is 29.0 Å². The number of likely N-dealkylation sites (tertiary alicyclic amines) is 2. The molecule has 452 valence electrons. The van der Waals surface area contributed by atoms with Crippen LogP contribution in [0.1, 0.15) is 124 Å². The summed E-state index contributed by atoms with van der Waals surface area (Å²) < 4.78 is 12.1. The smallest absolute Gasteiger partial charge is 0.411 e. The molecule has 2 aromatic carbocycles. The minimum absolute atomic E-state index is 0.0171. The van der Waals surface area contributed by atoms with Gasteiger partial charge in [0, 0.05) is 94.0 Å². The van der Waals surface area contributed by atoms with Crippen molar-refractivity contribution >= 4 is 53.3 Å². The Morgan fingerprint density at radius 1 is 0.810 bits per heavy atom. The van der Waals surface area contributed by atoms with Gasteiger partial charge in [0.05, 0.1) is 48.5 Å². The Hall–Kier alpha value is -7.17. The molecule has 0 spiro atoms. The van der Waals surface area contributed by atoms with Gasteiger partial charge in [-0.2, -0.15) is 0 Å². The molecule has 9 rings (SSSR count). The van der Waals surface area contributed by atoms with Crippen LogP contribution in [-0.4, -0.2) is 183 Å². The highest BCUT2D eigenvalue weighted by Gasteiger charge is 2.35. The summed E-state index contributed by atoms with van der Waals surface area (Å²) in [5.41, 5.74) is 6.10. The van der Waals surface area contributed by atoms with Crippen molar-refractivity contribution in [2.75, 3.05) is 95.8 Å². The van der Waals surface area contributed by atoms with Crippen LogP contribution in [0.25, 0.3) is 11.1 Å². The van der Waals surface area contributed by atoms with E-state index in [-0.39, 0.29) is 54.4 Å². The lowest BCUT2D eigenvalue weighted by atomic mass is 10.0. The number of carbonyl (C=O) groups is 5. The Kier molecular flexibility index (Phi) is 24.3. The normalized spacial score (nSPS) is 17.4. The molecule has 1 aliphatic carbocycles. The number of rotatable bonds is 18. The second kappa shape index (κ2) is 31.6. The number of amides is 5. The van der Waals surface area contributed by atoms with Crippen LogP contribution in [0.2, 0.25) is 5.02 Å². The van der Waals surface area contributed by atoms with E-state index >= 15 is 0 Å². The van der Waals surface area contributed by atoms with Crippen molar-refractivity contribution in [1.82, 2.24) is 55.2 Å². The largest absolute Gasteiger partial charge is 0.444 e. The lowest BCUT2D eigenvalue weighted by Gasteiger charge is -2.37. The van der Waals surface area contributed by atoms with Crippen molar-refractivity contribution in [3.63, 3.8) is 0 Å². The van der Waals surface area contributed by atoms with Crippen molar-refractivity contribution in [1.29, 1.82) is 0 Å². The van der Waals surface area contributed by atoms with E-state index in [4.69, 9.17) is 21.1 Å². The summed E-state index contributed by atoms with van der Waals surface area (Å²) in [7, 11) is 1.86. The number of benzene rings is 2. The van der Waals surface area contributed by atoms with Gasteiger partial charge in [0.1, 0.15) is 30.6 Å². The first kappa shape index (κ1) is 64.4. The number of aliphatic hydroxyl groups excluding tert-OH is 1. The van der Waals surface area contributed by atoms with Crippen molar-refractivity contribution < 1.29 is 38.6 Å². The molecule has 1 unspecified atom stereocenters. The van der Waals surface area contributed by atoms with Gasteiger partial charge in [-0.05, 0) is 120 Å². The lowest BCUT2D eigenvalue weighted by Crippen LogP contribution is -2.46. The molecule has 0 bridgehead atoms. The minimum Gasteiger partial charge on any atom is -0.444 e. The number of piperidine rings is 2. The van der Waals surface area contributed by atoms with Crippen LogP contribution in [0, 0.1) is 0 Å². The minimum atomic E-state index is -0.788. The Balaban J connectivity index is 0.000000291. The Bertz CT molecular complexity index is 2930. The van der Waals surface area contributed by atoms with Crippen LogP contribution in [0.5, 0.6) is 0 Å². The third-order valence-electron chi connectivity index (χ3n) is 15.1. The first-order valence-corrected chi connectivity index (χ1v) is 29.7. The van der Waals surface area contributed by atoms with Gasteiger partial charge in [0.15, 0.2) is 5.69 Å². The second-order valence-electron chi connectivity index (χ2n) is 22.6. The maximum atomic E-state index is 14.1. The lowest BCUT2D eigenvalue weighted by molar-refractivity contribution is -0.123. The number of anilines is 2. The number of nitrogens with one attached hydrogen (secondary N) is 3. The van der Waals surface area contributed by atoms with E-state index in [1.165, 1.54) is 23.1 Å². The van der Waals surface area contributed by atoms with E-state index in [2.05, 4.69) is 77.5 Å². The number of hydrogen-bond acceptors (Lipinski definition) is 16. The average molecular weight is 1170 g/mol. The Morgan fingerprint density at radius 3 is 2.15 bits per heavy atom. The molecule has 3 aromatic heterocycles. The molecular weight excluding hydrogens is 1090 g/mol. The summed E-state index contributed by atoms with van der Waals surface area (Å²) in [5.74, 6) is 0.437. The average Bonchev–Trinajstić information content (AvgIpc) is 3.71. The van der Waals surface area contributed by atoms with Gasteiger partial charge in [-0.1, -0.05) is 68.8 Å². The van der Waals surface area contributed by atoms with Crippen molar-refractivity contribution in [3.05, 3.63) is 125 Å². The highest BCUT2D eigenvalue weighted by atomic mass is 35.5. The van der Waals surface area contributed by atoms with Crippen molar-refractivity contribution in [2.45, 2.75) is 123 Å². The summed E-state index contributed by atoms with van der Waals surface area (Å²) in [6, 6.07) is 19.4. The van der Waals surface area contributed by atoms with Gasteiger partial charge in [0.25, 0.3) is 5.91 Å². The molecule has 0 saturated carbocycles. The highest BCUT2D eigenvalue weighted by molar-refractivity contribution is 6.30. The molecule has 22 heteroatoms. The van der Waals surface area contributed by atoms with Gasteiger partial charge in [-0.15, -0.1) is 0 Å². The zero-order valence-electron chi connectivity index (χ0n) is 49.8. The summed E-state index contributed by atoms with van der Waals surface area (Å²) in [6.45, 7) is 18.6. The number of carbonyl (C=O) groups excluding carboxylic acids is 5. The molecular formula is C62H84ClN13O8. The highest BCUT2D eigenvalue weighted by Crippen LogP contribution is 2.43. The summed E-state index contributed by atoms with van der Waals surface area (Å²) in [5, 5.41) is 19.7. The first-order chi connectivity index (χ1) is 40.4. The number of pyridine rings is 1. The van der Waals surface area contributed by atoms with Gasteiger partial charge in [0.2, 0.25) is 18.2 Å². The molecule has 3 aliphatic heterocycles. The third-order valence-corrected chi connectivity index (χ3v) is 15.3. The maximum absolute atomic E-state index is 14.1. The fourth-order valence-electron chi connectivity index (χ4n) is 10.5. The predicted octanol–water partition coefficient (Wildman–Crippen LogP) is 7.10. The van der Waals surface area contributed by atoms with E-state index in [1.54, 1.807) is 55.1 Å². The van der Waals surface area contributed by atoms with Crippen LogP contribution in [0.4, 0.5) is 16.3 Å². The first-order valence-electron chi connectivity index (χ1n) is 29.4. The fraction of sp³-hybridized carbons (Fsp3) is 0.516. The van der Waals surface area contributed by atoms with Crippen LogP contribution < -0.4 is 20.9 Å².